The number of carbonyl (C=O) groups is 2. The van der Waals surface area contributed by atoms with Crippen molar-refractivity contribution in [2.45, 2.75) is 51.2 Å². The van der Waals surface area contributed by atoms with Crippen LogP contribution in [-0.2, 0) is 48.7 Å². The van der Waals surface area contributed by atoms with E-state index < -0.39 is 35.7 Å². The number of carboxylic acid groups (broad SMARTS) is 2. The van der Waals surface area contributed by atoms with Gasteiger partial charge in [-0.3, -0.25) is 9.97 Å². The normalized spacial score (nSPS) is 14.8. The second-order valence-electron chi connectivity index (χ2n) is 16.0. The van der Waals surface area contributed by atoms with Crippen molar-refractivity contribution >= 4 is 83.9 Å². The SMILES string of the molecule is COc1ccc(COc2c(OC)ccc3c2C[C@@H](C(=O)[O-])N(c2nc4ccc(F)cc4o2)C3)nc1.COc1ccc(COc2c(OC)ccc3c2C[C@@H](C(=O)[O-])N(c2nc4ccc(F)cc4o2)C3)nc1.[Ca+2]. The molecule has 10 rings (SSSR count). The minimum absolute atomic E-state index is 0. The number of ether oxygens (including phenoxy) is 6. The minimum atomic E-state index is -1.30. The van der Waals surface area contributed by atoms with Gasteiger partial charge in [0, 0.05) is 49.2 Å². The molecule has 21 heteroatoms. The largest absolute Gasteiger partial charge is 2.00 e. The van der Waals surface area contributed by atoms with E-state index in [1.807, 2.05) is 12.1 Å². The van der Waals surface area contributed by atoms with Crippen LogP contribution in [0.1, 0.15) is 33.6 Å². The first-order chi connectivity index (χ1) is 33.9. The molecular formula is C50H42CaF2N6O12. The van der Waals surface area contributed by atoms with Crippen molar-refractivity contribution in [1.29, 1.82) is 0 Å². The van der Waals surface area contributed by atoms with Gasteiger partial charge in [0.25, 0.3) is 12.0 Å². The number of rotatable bonds is 14. The molecule has 6 heterocycles. The quantitative estimate of drug-likeness (QED) is 0.132. The number of benzene rings is 4. The van der Waals surface area contributed by atoms with Gasteiger partial charge in [0.15, 0.2) is 34.2 Å². The second kappa shape index (κ2) is 21.7. The molecule has 0 N–H and O–H groups in total. The number of halogens is 2. The summed E-state index contributed by atoms with van der Waals surface area (Å²) >= 11 is 0. The minimum Gasteiger partial charge on any atom is -0.548 e. The van der Waals surface area contributed by atoms with Gasteiger partial charge >= 0.3 is 37.7 Å². The average molecular weight is 997 g/mol. The monoisotopic (exact) mass is 996 g/mol. The molecule has 0 aliphatic carbocycles. The molecule has 0 amide bonds. The van der Waals surface area contributed by atoms with Crippen molar-refractivity contribution in [3.8, 4) is 34.5 Å². The van der Waals surface area contributed by atoms with E-state index in [2.05, 4.69) is 19.9 Å². The Balaban J connectivity index is 0.000000188. The Bertz CT molecular complexity index is 3000. The summed E-state index contributed by atoms with van der Waals surface area (Å²) < 4.78 is 72.0. The van der Waals surface area contributed by atoms with Crippen LogP contribution in [0.4, 0.5) is 20.8 Å². The summed E-state index contributed by atoms with van der Waals surface area (Å²) in [5.41, 5.74) is 5.64. The van der Waals surface area contributed by atoms with Gasteiger partial charge in [-0.15, -0.1) is 0 Å². The predicted octanol–water partition coefficient (Wildman–Crippen LogP) is 4.90. The third kappa shape index (κ3) is 10.7. The maximum Gasteiger partial charge on any atom is 2.00 e. The van der Waals surface area contributed by atoms with E-state index in [1.54, 1.807) is 63.0 Å². The van der Waals surface area contributed by atoms with Gasteiger partial charge in [0.1, 0.15) is 47.4 Å². The molecule has 0 unspecified atom stereocenters. The molecule has 2 aliphatic rings. The van der Waals surface area contributed by atoms with Gasteiger partial charge in [-0.05, 0) is 71.8 Å². The van der Waals surface area contributed by atoms with E-state index in [0.29, 0.717) is 68.0 Å². The standard InChI is InChI=1S/2C25H22FN3O6.Ca/c2*1-32-17-6-5-16(27-11-17)13-34-23-18-10-20(24(30)31)29(12-14(18)3-8-21(23)33-2)25-28-19-7-4-15(26)9-22(19)35-25;/h2*3-9,11,20H,10,12-13H2,1-2H3,(H,30,31);/q;;+2/p-2/t2*20-;/m00./s1. The van der Waals surface area contributed by atoms with Crippen LogP contribution in [0.15, 0.2) is 106 Å². The number of anilines is 2. The number of hydrogen-bond acceptors (Lipinski definition) is 18. The number of fused-ring (bicyclic) bond motifs is 4. The predicted molar refractivity (Wildman–Crippen MR) is 247 cm³/mol. The van der Waals surface area contributed by atoms with Gasteiger partial charge in [0.05, 0.1) is 76.2 Å². The molecule has 0 spiro atoms. The van der Waals surface area contributed by atoms with Crippen molar-refractivity contribution in [2.75, 3.05) is 38.2 Å². The summed E-state index contributed by atoms with van der Waals surface area (Å²) in [6.45, 7) is 0.634. The topological polar surface area (TPSA) is 220 Å². The number of methoxy groups -OCH3 is 4. The van der Waals surface area contributed by atoms with Gasteiger partial charge in [-0.2, -0.15) is 9.97 Å². The van der Waals surface area contributed by atoms with E-state index in [9.17, 15) is 28.6 Å². The number of aromatic nitrogens is 4. The number of nitrogens with zero attached hydrogens (tertiary/aromatic N) is 6. The summed E-state index contributed by atoms with van der Waals surface area (Å²) in [4.78, 5) is 44.6. The zero-order valence-electron chi connectivity index (χ0n) is 38.7. The van der Waals surface area contributed by atoms with Crippen molar-refractivity contribution in [2.24, 2.45) is 0 Å². The fourth-order valence-electron chi connectivity index (χ4n) is 8.24. The van der Waals surface area contributed by atoms with Crippen LogP contribution in [0.2, 0.25) is 0 Å². The fraction of sp³-hybridized carbons (Fsp3) is 0.240. The summed E-state index contributed by atoms with van der Waals surface area (Å²) in [6.07, 6.45) is 3.31. The first kappa shape index (κ1) is 50.0. The number of carboxylic acids is 2. The number of pyridine rings is 2. The van der Waals surface area contributed by atoms with Crippen molar-refractivity contribution in [3.05, 3.63) is 143 Å². The molecule has 0 bridgehead atoms. The Hall–Kier alpha value is -7.42. The Labute approximate surface area is 433 Å². The Kier molecular flexibility index (Phi) is 15.3. The molecule has 360 valence electrons. The van der Waals surface area contributed by atoms with Crippen LogP contribution in [-0.4, -0.2) is 110 Å². The molecule has 0 radical (unpaired) electrons. The number of oxazole rings is 2. The first-order valence-electron chi connectivity index (χ1n) is 21.6. The van der Waals surface area contributed by atoms with Gasteiger partial charge in [-0.25, -0.2) is 8.78 Å². The summed E-state index contributed by atoms with van der Waals surface area (Å²) in [5, 5.41) is 24.3. The van der Waals surface area contributed by atoms with Gasteiger partial charge < -0.3 is 66.9 Å². The summed E-state index contributed by atoms with van der Waals surface area (Å²) in [7, 11) is 6.15. The molecule has 2 aliphatic heterocycles. The van der Waals surface area contributed by atoms with Gasteiger partial charge in [0.2, 0.25) is 0 Å². The van der Waals surface area contributed by atoms with Crippen LogP contribution in [0.5, 0.6) is 34.5 Å². The molecule has 18 nitrogen and oxygen atoms in total. The molecule has 4 aromatic carbocycles. The molecule has 0 saturated heterocycles. The van der Waals surface area contributed by atoms with Crippen LogP contribution in [0, 0.1) is 11.6 Å². The van der Waals surface area contributed by atoms with Crippen LogP contribution in [0.3, 0.4) is 0 Å². The second-order valence-corrected chi connectivity index (χ2v) is 16.0. The van der Waals surface area contributed by atoms with Crippen molar-refractivity contribution in [1.82, 2.24) is 19.9 Å². The average Bonchev–Trinajstić information content (AvgIpc) is 4.00. The van der Waals surface area contributed by atoms with E-state index in [-0.39, 0.29) is 100 Å². The Morgan fingerprint density at radius 1 is 0.606 bits per heavy atom. The number of hydrogen-bond donors (Lipinski definition) is 0. The number of carbonyl (C=O) groups excluding carboxylic acids is 2. The molecule has 8 aromatic rings. The van der Waals surface area contributed by atoms with E-state index in [0.717, 1.165) is 11.1 Å². The Morgan fingerprint density at radius 2 is 1.03 bits per heavy atom. The molecular weight excluding hydrogens is 955 g/mol. The summed E-state index contributed by atoms with van der Waals surface area (Å²) in [6, 6.07) is 20.2. The maximum atomic E-state index is 13.6. The zero-order valence-corrected chi connectivity index (χ0v) is 40.9. The maximum absolute atomic E-state index is 13.6. The summed E-state index contributed by atoms with van der Waals surface area (Å²) in [5.74, 6) is -0.461. The van der Waals surface area contributed by atoms with E-state index >= 15 is 0 Å². The van der Waals surface area contributed by atoms with Crippen LogP contribution < -0.4 is 48.4 Å². The van der Waals surface area contributed by atoms with E-state index in [1.165, 1.54) is 60.4 Å². The first-order valence-corrected chi connectivity index (χ1v) is 21.6. The molecule has 2 atom stereocenters. The molecule has 0 saturated carbocycles. The smallest absolute Gasteiger partial charge is 0.548 e. The van der Waals surface area contributed by atoms with Crippen LogP contribution in [0.25, 0.3) is 22.2 Å². The van der Waals surface area contributed by atoms with Gasteiger partial charge in [-0.1, -0.05) is 12.1 Å². The molecule has 4 aromatic heterocycles. The third-order valence-corrected chi connectivity index (χ3v) is 11.8. The molecule has 71 heavy (non-hydrogen) atoms. The molecule has 0 fully saturated rings. The number of aliphatic carboxylic acids is 2. The third-order valence-electron chi connectivity index (χ3n) is 11.8. The van der Waals surface area contributed by atoms with Crippen LogP contribution >= 0.6 is 0 Å². The van der Waals surface area contributed by atoms with Crippen molar-refractivity contribution < 1.29 is 65.8 Å². The van der Waals surface area contributed by atoms with E-state index in [4.69, 9.17) is 37.3 Å². The van der Waals surface area contributed by atoms with Crippen molar-refractivity contribution in [3.63, 3.8) is 0 Å². The zero-order chi connectivity index (χ0) is 49.1. The fourth-order valence-corrected chi connectivity index (χ4v) is 8.24. The Morgan fingerprint density at radius 3 is 1.38 bits per heavy atom.